The maximum absolute atomic E-state index is 12.4. The van der Waals surface area contributed by atoms with Crippen molar-refractivity contribution in [2.75, 3.05) is 30.0 Å². The number of carbonyl (C=O) groups is 2. The molecule has 1 aromatic carbocycles. The van der Waals surface area contributed by atoms with Gasteiger partial charge in [0.2, 0.25) is 11.8 Å². The summed E-state index contributed by atoms with van der Waals surface area (Å²) in [6.45, 7) is 3.04. The van der Waals surface area contributed by atoms with Gasteiger partial charge >= 0.3 is 0 Å². The van der Waals surface area contributed by atoms with E-state index in [1.807, 2.05) is 0 Å². The van der Waals surface area contributed by atoms with Crippen LogP contribution in [0.5, 0.6) is 11.5 Å². The van der Waals surface area contributed by atoms with Gasteiger partial charge in [-0.15, -0.1) is 0 Å². The summed E-state index contributed by atoms with van der Waals surface area (Å²) in [5, 5.41) is 6.48. The van der Waals surface area contributed by atoms with E-state index in [0.29, 0.717) is 48.3 Å². The third-order valence-electron chi connectivity index (χ3n) is 4.34. The van der Waals surface area contributed by atoms with Crippen LogP contribution in [0.25, 0.3) is 0 Å². The van der Waals surface area contributed by atoms with Gasteiger partial charge in [0.15, 0.2) is 11.5 Å². The van der Waals surface area contributed by atoms with Crippen LogP contribution < -0.4 is 19.7 Å². The predicted octanol–water partition coefficient (Wildman–Crippen LogP) is 1.75. The van der Waals surface area contributed by atoms with E-state index in [-0.39, 0.29) is 18.2 Å². The molecule has 1 atom stereocenters. The lowest BCUT2D eigenvalue weighted by molar-refractivity contribution is -0.122. The Morgan fingerprint density at radius 2 is 2.08 bits per heavy atom. The van der Waals surface area contributed by atoms with Gasteiger partial charge < -0.3 is 24.2 Å². The van der Waals surface area contributed by atoms with Crippen LogP contribution in [0.3, 0.4) is 0 Å². The molecule has 25 heavy (non-hydrogen) atoms. The Hall–Kier alpha value is -3.03. The van der Waals surface area contributed by atoms with Gasteiger partial charge in [0.1, 0.15) is 30.9 Å². The highest BCUT2D eigenvalue weighted by atomic mass is 16.6. The van der Waals surface area contributed by atoms with Gasteiger partial charge in [-0.25, -0.2) is 0 Å². The number of hydrogen-bond donors (Lipinski definition) is 1. The first-order chi connectivity index (χ1) is 12.1. The maximum atomic E-state index is 12.4. The summed E-state index contributed by atoms with van der Waals surface area (Å²) in [4.78, 5) is 26.4. The predicted molar refractivity (Wildman–Crippen MR) is 87.8 cm³/mol. The number of aryl methyl sites for hydroxylation is 1. The molecule has 1 fully saturated rings. The molecule has 0 saturated carbocycles. The monoisotopic (exact) mass is 343 g/mol. The SMILES string of the molecule is Cc1nocc1NC(=O)C1CC(=O)N(c2ccc3c(c2)OCCO3)C1. The summed E-state index contributed by atoms with van der Waals surface area (Å²) >= 11 is 0. The van der Waals surface area contributed by atoms with Crippen molar-refractivity contribution in [1.82, 2.24) is 5.16 Å². The van der Waals surface area contributed by atoms with Crippen LogP contribution in [0.1, 0.15) is 12.1 Å². The van der Waals surface area contributed by atoms with Crippen molar-refractivity contribution >= 4 is 23.2 Å². The number of benzene rings is 1. The molecule has 2 amide bonds. The van der Waals surface area contributed by atoms with E-state index in [4.69, 9.17) is 14.0 Å². The van der Waals surface area contributed by atoms with Crippen LogP contribution in [0.2, 0.25) is 0 Å². The summed E-state index contributed by atoms with van der Waals surface area (Å²) in [5.41, 5.74) is 1.82. The van der Waals surface area contributed by atoms with Gasteiger partial charge in [-0.2, -0.15) is 0 Å². The number of nitrogens with one attached hydrogen (secondary N) is 1. The number of ether oxygens (including phenoxy) is 2. The highest BCUT2D eigenvalue weighted by molar-refractivity contribution is 6.03. The van der Waals surface area contributed by atoms with Gasteiger partial charge in [0.05, 0.1) is 5.92 Å². The zero-order valence-electron chi connectivity index (χ0n) is 13.7. The van der Waals surface area contributed by atoms with Crippen LogP contribution >= 0.6 is 0 Å². The molecule has 8 nitrogen and oxygen atoms in total. The van der Waals surface area contributed by atoms with Crippen molar-refractivity contribution in [3.8, 4) is 11.5 Å². The van der Waals surface area contributed by atoms with E-state index in [1.165, 1.54) is 6.26 Å². The second-order valence-electron chi connectivity index (χ2n) is 6.04. The van der Waals surface area contributed by atoms with Crippen molar-refractivity contribution in [3.63, 3.8) is 0 Å². The highest BCUT2D eigenvalue weighted by Crippen LogP contribution is 2.36. The second-order valence-corrected chi connectivity index (χ2v) is 6.04. The molecule has 1 N–H and O–H groups in total. The molecule has 0 bridgehead atoms. The molecule has 0 aliphatic carbocycles. The standard InChI is InChI=1S/C17H17N3O5/c1-10-13(9-25-19-10)18-17(22)11-6-16(21)20(8-11)12-2-3-14-15(7-12)24-5-4-23-14/h2-3,7,9,11H,4-6,8H2,1H3,(H,18,22). The third kappa shape index (κ3) is 2.90. The lowest BCUT2D eigenvalue weighted by Crippen LogP contribution is -2.28. The fraction of sp³-hybridized carbons (Fsp3) is 0.353. The number of carbonyl (C=O) groups excluding carboxylic acids is 2. The molecule has 1 unspecified atom stereocenters. The topological polar surface area (TPSA) is 93.9 Å². The van der Waals surface area contributed by atoms with Crippen molar-refractivity contribution < 1.29 is 23.6 Å². The van der Waals surface area contributed by atoms with Crippen molar-refractivity contribution in [2.45, 2.75) is 13.3 Å². The van der Waals surface area contributed by atoms with Gasteiger partial charge in [-0.3, -0.25) is 9.59 Å². The Morgan fingerprint density at radius 1 is 1.28 bits per heavy atom. The zero-order chi connectivity index (χ0) is 17.4. The third-order valence-corrected chi connectivity index (χ3v) is 4.34. The van der Waals surface area contributed by atoms with Crippen LogP contribution in [0.4, 0.5) is 11.4 Å². The van der Waals surface area contributed by atoms with Gasteiger partial charge in [0, 0.05) is 24.7 Å². The molecule has 0 spiro atoms. The van der Waals surface area contributed by atoms with Crippen LogP contribution in [-0.2, 0) is 9.59 Å². The van der Waals surface area contributed by atoms with E-state index in [1.54, 1.807) is 30.0 Å². The fourth-order valence-corrected chi connectivity index (χ4v) is 2.98. The normalized spacial score (nSPS) is 19.2. The molecule has 1 saturated heterocycles. The van der Waals surface area contributed by atoms with E-state index in [2.05, 4.69) is 10.5 Å². The Bertz CT molecular complexity index is 831. The number of fused-ring (bicyclic) bond motifs is 1. The van der Waals surface area contributed by atoms with Gasteiger partial charge in [-0.1, -0.05) is 5.16 Å². The average Bonchev–Trinajstić information content (AvgIpc) is 3.20. The summed E-state index contributed by atoms with van der Waals surface area (Å²) in [5.74, 6) is 0.525. The lowest BCUT2D eigenvalue weighted by Gasteiger charge is -2.22. The Balaban J connectivity index is 1.48. The van der Waals surface area contributed by atoms with Crippen molar-refractivity contribution in [1.29, 1.82) is 0 Å². The second kappa shape index (κ2) is 6.12. The number of anilines is 2. The molecule has 3 heterocycles. The van der Waals surface area contributed by atoms with Crippen LogP contribution in [0.15, 0.2) is 29.0 Å². The van der Waals surface area contributed by atoms with Gasteiger partial charge in [0.25, 0.3) is 0 Å². The molecule has 0 radical (unpaired) electrons. The van der Waals surface area contributed by atoms with Crippen LogP contribution in [-0.4, -0.2) is 36.7 Å². The Labute approximate surface area is 143 Å². The summed E-state index contributed by atoms with van der Waals surface area (Å²) in [6.07, 6.45) is 1.53. The largest absolute Gasteiger partial charge is 0.486 e. The van der Waals surface area contributed by atoms with E-state index in [0.717, 1.165) is 0 Å². The molecule has 8 heteroatoms. The number of hydrogen-bond acceptors (Lipinski definition) is 6. The smallest absolute Gasteiger partial charge is 0.229 e. The molecular formula is C17H17N3O5. The lowest BCUT2D eigenvalue weighted by atomic mass is 10.1. The van der Waals surface area contributed by atoms with Crippen molar-refractivity contribution in [3.05, 3.63) is 30.2 Å². The molecular weight excluding hydrogens is 326 g/mol. The fourth-order valence-electron chi connectivity index (χ4n) is 2.98. The summed E-state index contributed by atoms with van der Waals surface area (Å²) < 4.78 is 15.9. The van der Waals surface area contributed by atoms with Crippen LogP contribution in [0, 0.1) is 12.8 Å². The minimum Gasteiger partial charge on any atom is -0.486 e. The highest BCUT2D eigenvalue weighted by Gasteiger charge is 2.36. The summed E-state index contributed by atoms with van der Waals surface area (Å²) in [6, 6.07) is 5.36. The molecule has 4 rings (SSSR count). The number of nitrogens with zero attached hydrogens (tertiary/aromatic N) is 2. The first kappa shape index (κ1) is 15.5. The van der Waals surface area contributed by atoms with E-state index >= 15 is 0 Å². The Morgan fingerprint density at radius 3 is 2.84 bits per heavy atom. The van der Waals surface area contributed by atoms with Gasteiger partial charge in [-0.05, 0) is 19.1 Å². The summed E-state index contributed by atoms with van der Waals surface area (Å²) in [7, 11) is 0. The minimum atomic E-state index is -0.435. The van der Waals surface area contributed by atoms with E-state index in [9.17, 15) is 9.59 Å². The minimum absolute atomic E-state index is 0.0983. The molecule has 2 aliphatic heterocycles. The Kier molecular flexibility index (Phi) is 3.79. The average molecular weight is 343 g/mol. The van der Waals surface area contributed by atoms with E-state index < -0.39 is 5.92 Å². The van der Waals surface area contributed by atoms with Crippen molar-refractivity contribution in [2.24, 2.45) is 5.92 Å². The molecule has 1 aromatic heterocycles. The number of rotatable bonds is 3. The quantitative estimate of drug-likeness (QED) is 0.912. The maximum Gasteiger partial charge on any atom is 0.229 e. The molecule has 2 aliphatic rings. The zero-order valence-corrected chi connectivity index (χ0v) is 13.7. The molecule has 2 aromatic rings. The number of aromatic nitrogens is 1. The number of amides is 2. The molecule has 130 valence electrons. The first-order valence-corrected chi connectivity index (χ1v) is 8.03. The first-order valence-electron chi connectivity index (χ1n) is 8.03.